The van der Waals surface area contributed by atoms with Crippen LogP contribution >= 0.6 is 0 Å². The van der Waals surface area contributed by atoms with E-state index in [4.69, 9.17) is 9.47 Å². The van der Waals surface area contributed by atoms with Gasteiger partial charge in [0.05, 0.1) is 23.2 Å². The quantitative estimate of drug-likeness (QED) is 0.479. The van der Waals surface area contributed by atoms with E-state index in [2.05, 4.69) is 10.4 Å². The second-order valence-electron chi connectivity index (χ2n) is 6.45. The molecule has 1 N–H and O–H groups in total. The molecule has 1 aliphatic heterocycles. The van der Waals surface area contributed by atoms with Crippen LogP contribution in [-0.2, 0) is 22.5 Å². The molecule has 2 aromatic carbocycles. The number of fused-ring (bicyclic) bond motifs is 1. The summed E-state index contributed by atoms with van der Waals surface area (Å²) in [7, 11) is 0. The summed E-state index contributed by atoms with van der Waals surface area (Å²) in [6.07, 6.45) is 0.353. The molecular formula is C19H16N4O6. The van der Waals surface area contributed by atoms with Crippen LogP contribution in [0.15, 0.2) is 48.7 Å². The van der Waals surface area contributed by atoms with Gasteiger partial charge in [-0.25, -0.2) is 4.79 Å². The predicted molar refractivity (Wildman–Crippen MR) is 100 cm³/mol. The molecular weight excluding hydrogens is 380 g/mol. The molecule has 10 heteroatoms. The Morgan fingerprint density at radius 3 is 2.69 bits per heavy atom. The number of amides is 2. The molecule has 0 aliphatic carbocycles. The maximum absolute atomic E-state index is 11.5. The Balaban J connectivity index is 1.33. The highest BCUT2D eigenvalue weighted by Crippen LogP contribution is 2.21. The van der Waals surface area contributed by atoms with E-state index in [0.29, 0.717) is 30.7 Å². The van der Waals surface area contributed by atoms with E-state index in [1.165, 1.54) is 12.1 Å². The Hall–Kier alpha value is -3.95. The number of nitrogens with one attached hydrogen (secondary N) is 1. The summed E-state index contributed by atoms with van der Waals surface area (Å²) in [6, 6.07) is 11.8. The molecule has 3 aromatic rings. The zero-order chi connectivity index (χ0) is 20.4. The fourth-order valence-corrected chi connectivity index (χ4v) is 3.08. The van der Waals surface area contributed by atoms with Crippen molar-refractivity contribution in [3.8, 4) is 5.75 Å². The molecule has 1 saturated heterocycles. The first kappa shape index (κ1) is 18.4. The molecule has 29 heavy (non-hydrogen) atoms. The summed E-state index contributed by atoms with van der Waals surface area (Å²) >= 11 is 0. The minimum Gasteiger partial charge on any atom is -0.492 e. The smallest absolute Gasteiger partial charge is 0.414 e. The van der Waals surface area contributed by atoms with Gasteiger partial charge in [-0.3, -0.25) is 24.9 Å². The Morgan fingerprint density at radius 1 is 1.21 bits per heavy atom. The highest BCUT2D eigenvalue weighted by molar-refractivity contribution is 6.00. The third-order valence-electron chi connectivity index (χ3n) is 4.52. The summed E-state index contributed by atoms with van der Waals surface area (Å²) in [5, 5.41) is 17.9. The van der Waals surface area contributed by atoms with Crippen molar-refractivity contribution < 1.29 is 24.0 Å². The molecule has 1 unspecified atom stereocenters. The van der Waals surface area contributed by atoms with Gasteiger partial charge in [-0.1, -0.05) is 12.1 Å². The number of ether oxygens (including phenoxy) is 2. The Morgan fingerprint density at radius 2 is 2.00 bits per heavy atom. The number of alkyl carbamates (subject to hydrolysis) is 1. The number of aromatic nitrogens is 2. The number of carbonyl (C=O) groups excluding carboxylic acids is 2. The van der Waals surface area contributed by atoms with Crippen LogP contribution in [-0.4, -0.2) is 39.4 Å². The van der Waals surface area contributed by atoms with Crippen molar-refractivity contribution in [1.29, 1.82) is 0 Å². The van der Waals surface area contributed by atoms with Crippen LogP contribution in [0.5, 0.6) is 5.75 Å². The summed E-state index contributed by atoms with van der Waals surface area (Å²) in [6.45, 7) is 0.830. The van der Waals surface area contributed by atoms with E-state index >= 15 is 0 Å². The lowest BCUT2D eigenvalue weighted by Crippen LogP contribution is -2.25. The second-order valence-corrected chi connectivity index (χ2v) is 6.45. The van der Waals surface area contributed by atoms with Crippen LogP contribution in [0, 0.1) is 10.1 Å². The molecule has 2 amide bonds. The van der Waals surface area contributed by atoms with Gasteiger partial charge < -0.3 is 9.47 Å². The number of carbonyl (C=O) groups is 2. The van der Waals surface area contributed by atoms with Crippen LogP contribution in [0.3, 0.4) is 0 Å². The van der Waals surface area contributed by atoms with Crippen molar-refractivity contribution in [3.05, 3.63) is 64.3 Å². The van der Waals surface area contributed by atoms with E-state index < -0.39 is 23.0 Å². The van der Waals surface area contributed by atoms with Gasteiger partial charge in [-0.15, -0.1) is 0 Å². The number of hydrogen-bond acceptors (Lipinski definition) is 7. The minimum atomic E-state index is -0.807. The fourth-order valence-electron chi connectivity index (χ4n) is 3.08. The normalized spacial score (nSPS) is 15.9. The lowest BCUT2D eigenvalue weighted by molar-refractivity contribution is -0.384. The number of imide groups is 1. The molecule has 1 atom stereocenters. The van der Waals surface area contributed by atoms with Crippen molar-refractivity contribution in [1.82, 2.24) is 15.1 Å². The standard InChI is InChI=1S/C19H16N4O6/c24-18-17(29-19(25)21-18)9-12-1-4-15(5-2-12)28-8-7-22-16-6-3-14(23(26)27)10-13(16)11-20-22/h1-6,10-11,17H,7-9H2,(H,21,24,25). The first-order valence-corrected chi connectivity index (χ1v) is 8.83. The molecule has 10 nitrogen and oxygen atoms in total. The number of benzene rings is 2. The minimum absolute atomic E-state index is 0.0261. The van der Waals surface area contributed by atoms with E-state index in [9.17, 15) is 19.7 Å². The SMILES string of the molecule is O=C1NC(=O)C(Cc2ccc(OCCn3ncc4cc([N+](=O)[O-])ccc43)cc2)O1. The van der Waals surface area contributed by atoms with E-state index in [1.54, 1.807) is 41.2 Å². The van der Waals surface area contributed by atoms with E-state index in [1.807, 2.05) is 0 Å². The van der Waals surface area contributed by atoms with Crippen molar-refractivity contribution in [2.45, 2.75) is 19.1 Å². The van der Waals surface area contributed by atoms with Gasteiger partial charge in [0.15, 0.2) is 6.10 Å². The zero-order valence-corrected chi connectivity index (χ0v) is 15.1. The van der Waals surface area contributed by atoms with Gasteiger partial charge in [0.1, 0.15) is 12.4 Å². The van der Waals surface area contributed by atoms with Gasteiger partial charge in [-0.05, 0) is 23.8 Å². The first-order valence-electron chi connectivity index (χ1n) is 8.83. The molecule has 1 aromatic heterocycles. The Bertz CT molecular complexity index is 1090. The van der Waals surface area contributed by atoms with Crippen LogP contribution in [0.25, 0.3) is 10.9 Å². The highest BCUT2D eigenvalue weighted by atomic mass is 16.6. The molecule has 1 fully saturated rings. The lowest BCUT2D eigenvalue weighted by atomic mass is 10.1. The number of cyclic esters (lactones) is 1. The average Bonchev–Trinajstić information content (AvgIpc) is 3.25. The lowest BCUT2D eigenvalue weighted by Gasteiger charge is -2.09. The molecule has 4 rings (SSSR count). The van der Waals surface area contributed by atoms with Crippen molar-refractivity contribution in [3.63, 3.8) is 0 Å². The molecule has 2 heterocycles. The van der Waals surface area contributed by atoms with Crippen LogP contribution in [0.4, 0.5) is 10.5 Å². The summed E-state index contributed by atoms with van der Waals surface area (Å²) in [4.78, 5) is 33.0. The number of rotatable bonds is 7. The predicted octanol–water partition coefficient (Wildman–Crippen LogP) is 2.20. The number of nitro benzene ring substituents is 1. The molecule has 1 aliphatic rings. The van der Waals surface area contributed by atoms with Gasteiger partial charge >= 0.3 is 6.09 Å². The van der Waals surface area contributed by atoms with Crippen molar-refractivity contribution in [2.75, 3.05) is 6.61 Å². The maximum Gasteiger partial charge on any atom is 0.414 e. The van der Waals surface area contributed by atoms with Crippen LogP contribution < -0.4 is 10.1 Å². The second kappa shape index (κ2) is 7.58. The first-order chi connectivity index (χ1) is 14.0. The Kier molecular flexibility index (Phi) is 4.82. The van der Waals surface area contributed by atoms with Crippen LogP contribution in [0.2, 0.25) is 0 Å². The van der Waals surface area contributed by atoms with Crippen molar-refractivity contribution >= 4 is 28.6 Å². The molecule has 0 spiro atoms. The molecule has 0 saturated carbocycles. The fraction of sp³-hybridized carbons (Fsp3) is 0.211. The number of hydrogen-bond donors (Lipinski definition) is 1. The largest absolute Gasteiger partial charge is 0.492 e. The topological polar surface area (TPSA) is 126 Å². The average molecular weight is 396 g/mol. The highest BCUT2D eigenvalue weighted by Gasteiger charge is 2.31. The molecule has 0 radical (unpaired) electrons. The van der Waals surface area contributed by atoms with Gasteiger partial charge in [0, 0.05) is 23.9 Å². The van der Waals surface area contributed by atoms with Gasteiger partial charge in [0.25, 0.3) is 11.6 Å². The van der Waals surface area contributed by atoms with Gasteiger partial charge in [0.2, 0.25) is 0 Å². The maximum atomic E-state index is 11.5. The summed E-state index contributed by atoms with van der Waals surface area (Å²) in [5.74, 6) is 0.209. The van der Waals surface area contributed by atoms with Crippen LogP contribution in [0.1, 0.15) is 5.56 Å². The van der Waals surface area contributed by atoms with E-state index in [-0.39, 0.29) is 5.69 Å². The Labute approximate surface area is 164 Å². The zero-order valence-electron chi connectivity index (χ0n) is 15.1. The van der Waals surface area contributed by atoms with Gasteiger partial charge in [-0.2, -0.15) is 5.10 Å². The number of non-ortho nitro benzene ring substituents is 1. The summed E-state index contributed by atoms with van der Waals surface area (Å²) < 4.78 is 12.3. The third-order valence-corrected chi connectivity index (χ3v) is 4.52. The monoisotopic (exact) mass is 396 g/mol. The number of nitro groups is 1. The number of nitrogens with zero attached hydrogens (tertiary/aromatic N) is 3. The molecule has 0 bridgehead atoms. The molecule has 148 valence electrons. The van der Waals surface area contributed by atoms with Crippen molar-refractivity contribution in [2.24, 2.45) is 0 Å². The van der Waals surface area contributed by atoms with E-state index in [0.717, 1.165) is 11.1 Å². The summed E-state index contributed by atoms with van der Waals surface area (Å²) in [5.41, 5.74) is 1.66. The third kappa shape index (κ3) is 4.00.